The van der Waals surface area contributed by atoms with Crippen LogP contribution in [0.2, 0.25) is 0 Å². The summed E-state index contributed by atoms with van der Waals surface area (Å²) in [6.07, 6.45) is 0. The summed E-state index contributed by atoms with van der Waals surface area (Å²) in [5.41, 5.74) is 4.89. The van der Waals surface area contributed by atoms with Crippen LogP contribution >= 0.6 is 0 Å². The smallest absolute Gasteiger partial charge is 0.231 e. The van der Waals surface area contributed by atoms with Crippen LogP contribution in [0, 0.1) is 0 Å². The van der Waals surface area contributed by atoms with Gasteiger partial charge < -0.3 is 13.6 Å². The number of hydrogen-bond acceptors (Lipinski definition) is 5. The van der Waals surface area contributed by atoms with Crippen LogP contribution in [0.25, 0.3) is 55.9 Å². The number of oxazole rings is 2. The number of rotatable bonds is 3. The zero-order valence-electron chi connectivity index (χ0n) is 16.1. The third kappa shape index (κ3) is 2.63. The Labute approximate surface area is 171 Å². The molecule has 2 aromatic heterocycles. The van der Waals surface area contributed by atoms with Crippen LogP contribution < -0.4 is 4.74 Å². The first kappa shape index (κ1) is 16.8. The van der Waals surface area contributed by atoms with E-state index in [1.807, 2.05) is 72.8 Å². The predicted octanol–water partition coefficient (Wildman–Crippen LogP) is 6.46. The van der Waals surface area contributed by atoms with Gasteiger partial charge in [0, 0.05) is 5.56 Å². The number of para-hydroxylation sites is 4. The number of nitrogens with zero attached hydrogens (tertiary/aromatic N) is 2. The largest absolute Gasteiger partial charge is 0.496 e. The highest BCUT2D eigenvalue weighted by molar-refractivity contribution is 5.93. The van der Waals surface area contributed by atoms with Gasteiger partial charge in [-0.3, -0.25) is 0 Å². The molecule has 30 heavy (non-hydrogen) atoms. The highest BCUT2D eigenvalue weighted by atomic mass is 16.5. The van der Waals surface area contributed by atoms with E-state index >= 15 is 0 Å². The molecule has 0 aliphatic rings. The highest BCUT2D eigenvalue weighted by Gasteiger charge is 2.16. The van der Waals surface area contributed by atoms with Crippen molar-refractivity contribution in [2.24, 2.45) is 0 Å². The highest BCUT2D eigenvalue weighted by Crippen LogP contribution is 2.36. The average molecular weight is 392 g/mol. The third-order valence-corrected chi connectivity index (χ3v) is 5.22. The molecule has 0 fully saturated rings. The van der Waals surface area contributed by atoms with Crippen molar-refractivity contribution in [3.8, 4) is 28.7 Å². The molecular formula is C25H16N2O3. The lowest BCUT2D eigenvalue weighted by Gasteiger charge is -2.08. The van der Waals surface area contributed by atoms with E-state index in [1.165, 1.54) is 0 Å². The van der Waals surface area contributed by atoms with E-state index in [0.717, 1.165) is 44.1 Å². The van der Waals surface area contributed by atoms with Crippen molar-refractivity contribution in [1.82, 2.24) is 9.97 Å². The third-order valence-electron chi connectivity index (χ3n) is 5.22. The Bertz CT molecular complexity index is 1480. The van der Waals surface area contributed by atoms with Crippen LogP contribution in [0.4, 0.5) is 0 Å². The van der Waals surface area contributed by atoms with Crippen LogP contribution in [0.15, 0.2) is 87.7 Å². The SMILES string of the molecule is COc1cc2ccc(-c3nc4ccccc4o3)cc2cc1-c1nc2ccccc2o1. The maximum Gasteiger partial charge on any atom is 0.231 e. The second-order valence-electron chi connectivity index (χ2n) is 7.09. The molecule has 2 heterocycles. The molecule has 0 unspecified atom stereocenters. The van der Waals surface area contributed by atoms with E-state index in [9.17, 15) is 0 Å². The maximum atomic E-state index is 5.98. The lowest BCUT2D eigenvalue weighted by Crippen LogP contribution is -1.89. The Balaban J connectivity index is 1.52. The van der Waals surface area contributed by atoms with Gasteiger partial charge >= 0.3 is 0 Å². The summed E-state index contributed by atoms with van der Waals surface area (Å²) in [6, 6.07) is 25.6. The number of ether oxygens (including phenoxy) is 1. The molecule has 6 rings (SSSR count). The molecular weight excluding hydrogens is 376 g/mol. The summed E-state index contributed by atoms with van der Waals surface area (Å²) in [5, 5.41) is 2.07. The summed E-state index contributed by atoms with van der Waals surface area (Å²) < 4.78 is 17.5. The molecule has 0 N–H and O–H groups in total. The summed E-state index contributed by atoms with van der Waals surface area (Å²) in [6.45, 7) is 0. The monoisotopic (exact) mass is 392 g/mol. The molecule has 0 spiro atoms. The van der Waals surface area contributed by atoms with Crippen molar-refractivity contribution in [2.75, 3.05) is 7.11 Å². The van der Waals surface area contributed by atoms with Crippen molar-refractivity contribution < 1.29 is 13.6 Å². The van der Waals surface area contributed by atoms with Crippen molar-refractivity contribution >= 4 is 33.0 Å². The number of hydrogen-bond donors (Lipinski definition) is 0. The molecule has 0 aliphatic heterocycles. The number of methoxy groups -OCH3 is 1. The van der Waals surface area contributed by atoms with Gasteiger partial charge in [-0.05, 0) is 59.3 Å². The topological polar surface area (TPSA) is 61.3 Å². The van der Waals surface area contributed by atoms with Crippen LogP contribution in [0.1, 0.15) is 0 Å². The van der Waals surface area contributed by atoms with Crippen LogP contribution in [0.3, 0.4) is 0 Å². The van der Waals surface area contributed by atoms with Crippen LogP contribution in [-0.2, 0) is 0 Å². The minimum absolute atomic E-state index is 0.530. The fourth-order valence-electron chi connectivity index (χ4n) is 3.73. The molecule has 4 aromatic carbocycles. The Morgan fingerprint density at radius 1 is 0.667 bits per heavy atom. The fourth-order valence-corrected chi connectivity index (χ4v) is 3.73. The second kappa shape index (κ2) is 6.46. The molecule has 0 amide bonds. The van der Waals surface area contributed by atoms with Crippen molar-refractivity contribution in [3.05, 3.63) is 78.9 Å². The zero-order chi connectivity index (χ0) is 20.1. The van der Waals surface area contributed by atoms with Gasteiger partial charge in [-0.25, -0.2) is 9.97 Å². The quantitative estimate of drug-likeness (QED) is 0.346. The van der Waals surface area contributed by atoms with Gasteiger partial charge in [-0.2, -0.15) is 0 Å². The van der Waals surface area contributed by atoms with Gasteiger partial charge in [0.2, 0.25) is 11.8 Å². The van der Waals surface area contributed by atoms with Gasteiger partial charge in [0.1, 0.15) is 16.8 Å². The van der Waals surface area contributed by atoms with E-state index in [4.69, 9.17) is 13.6 Å². The molecule has 6 aromatic rings. The summed E-state index contributed by atoms with van der Waals surface area (Å²) in [7, 11) is 1.65. The summed E-state index contributed by atoms with van der Waals surface area (Å²) >= 11 is 0. The maximum absolute atomic E-state index is 5.98. The number of benzene rings is 4. The van der Waals surface area contributed by atoms with E-state index in [1.54, 1.807) is 7.11 Å². The molecule has 5 nitrogen and oxygen atoms in total. The molecule has 0 aliphatic carbocycles. The van der Waals surface area contributed by atoms with E-state index in [2.05, 4.69) is 16.0 Å². The minimum atomic E-state index is 0.530. The number of fused-ring (bicyclic) bond motifs is 3. The lowest BCUT2D eigenvalue weighted by atomic mass is 10.0. The van der Waals surface area contributed by atoms with Gasteiger partial charge in [0.15, 0.2) is 11.2 Å². The Morgan fingerprint density at radius 2 is 1.33 bits per heavy atom. The normalized spacial score (nSPS) is 11.5. The number of aromatic nitrogens is 2. The van der Waals surface area contributed by atoms with E-state index in [-0.39, 0.29) is 0 Å². The van der Waals surface area contributed by atoms with Gasteiger partial charge in [0.05, 0.1) is 12.7 Å². The van der Waals surface area contributed by atoms with Gasteiger partial charge in [0.25, 0.3) is 0 Å². The first-order chi connectivity index (χ1) is 14.8. The molecule has 0 bridgehead atoms. The first-order valence-corrected chi connectivity index (χ1v) is 9.62. The summed E-state index contributed by atoms with van der Waals surface area (Å²) in [5.74, 6) is 1.84. The molecule has 144 valence electrons. The van der Waals surface area contributed by atoms with Crippen molar-refractivity contribution in [3.63, 3.8) is 0 Å². The molecule has 0 atom stereocenters. The lowest BCUT2D eigenvalue weighted by molar-refractivity contribution is 0.415. The first-order valence-electron chi connectivity index (χ1n) is 9.62. The standard InChI is InChI=1S/C25H16N2O3/c1-28-23-14-15-10-11-16(24-26-19-6-2-4-8-21(19)29-24)12-17(15)13-18(23)25-27-20-7-3-5-9-22(20)30-25/h2-14H,1H3. The second-order valence-corrected chi connectivity index (χ2v) is 7.09. The predicted molar refractivity (Wildman–Crippen MR) is 117 cm³/mol. The Hall–Kier alpha value is -4.12. The minimum Gasteiger partial charge on any atom is -0.496 e. The molecule has 0 radical (unpaired) electrons. The van der Waals surface area contributed by atoms with Crippen LogP contribution in [-0.4, -0.2) is 17.1 Å². The zero-order valence-corrected chi connectivity index (χ0v) is 16.1. The van der Waals surface area contributed by atoms with Gasteiger partial charge in [-0.1, -0.05) is 30.3 Å². The Morgan fingerprint density at radius 3 is 2.03 bits per heavy atom. The fraction of sp³-hybridized carbons (Fsp3) is 0.0400. The van der Waals surface area contributed by atoms with E-state index in [0.29, 0.717) is 17.5 Å². The van der Waals surface area contributed by atoms with E-state index < -0.39 is 0 Å². The average Bonchev–Trinajstić information content (AvgIpc) is 3.42. The molecule has 0 saturated carbocycles. The van der Waals surface area contributed by atoms with Crippen molar-refractivity contribution in [2.45, 2.75) is 0 Å². The molecule has 5 heteroatoms. The van der Waals surface area contributed by atoms with Gasteiger partial charge in [-0.15, -0.1) is 0 Å². The Kier molecular flexibility index (Phi) is 3.62. The molecule has 0 saturated heterocycles. The van der Waals surface area contributed by atoms with Crippen molar-refractivity contribution in [1.29, 1.82) is 0 Å². The van der Waals surface area contributed by atoms with Crippen LogP contribution in [0.5, 0.6) is 5.75 Å². The summed E-state index contributed by atoms with van der Waals surface area (Å²) in [4.78, 5) is 9.24.